The van der Waals surface area contributed by atoms with Crippen molar-refractivity contribution in [2.45, 2.75) is 25.9 Å². The van der Waals surface area contributed by atoms with E-state index in [1.807, 2.05) is 24.3 Å². The largest absolute Gasteiger partial charge is 0.480 e. The third-order valence-electron chi connectivity index (χ3n) is 3.64. The molecule has 7 heteroatoms. The van der Waals surface area contributed by atoms with Crippen molar-refractivity contribution in [3.63, 3.8) is 0 Å². The van der Waals surface area contributed by atoms with Gasteiger partial charge < -0.3 is 10.0 Å². The topological polar surface area (TPSA) is 91.8 Å². The van der Waals surface area contributed by atoms with Crippen molar-refractivity contribution in [3.8, 4) is 0 Å². The number of hydrogen-bond donors (Lipinski definition) is 1. The lowest BCUT2D eigenvalue weighted by Gasteiger charge is -2.34. The quantitative estimate of drug-likeness (QED) is 0.872. The molecule has 1 heterocycles. The molecule has 21 heavy (non-hydrogen) atoms. The van der Waals surface area contributed by atoms with Crippen molar-refractivity contribution in [1.82, 2.24) is 4.90 Å². The average Bonchev–Trinajstić information content (AvgIpc) is 2.45. The molecular weight excluding hydrogens is 294 g/mol. The van der Waals surface area contributed by atoms with E-state index in [1.54, 1.807) is 0 Å². The Morgan fingerprint density at radius 2 is 1.90 bits per heavy atom. The summed E-state index contributed by atoms with van der Waals surface area (Å²) in [5.41, 5.74) is 1.74. The number of sulfone groups is 1. The number of nitrogens with zero attached hydrogens (tertiary/aromatic N) is 1. The Labute approximate surface area is 123 Å². The molecule has 1 amide bonds. The molecule has 0 spiro atoms. The van der Waals surface area contributed by atoms with Crippen LogP contribution in [0.4, 0.5) is 0 Å². The molecule has 0 bridgehead atoms. The second-order valence-corrected chi connectivity index (χ2v) is 7.38. The summed E-state index contributed by atoms with van der Waals surface area (Å²) < 4.78 is 23.2. The standard InChI is InChI=1S/C14H17NO5S/c1-2-21(19,20)9-13(16)15-8-11-6-4-3-5-10(11)7-12(15)14(17)18/h3-6,12H,2,7-9H2,1H3,(H,17,18)/t12-/m0/s1. The summed E-state index contributed by atoms with van der Waals surface area (Å²) in [6.45, 7) is 1.59. The van der Waals surface area contributed by atoms with E-state index in [4.69, 9.17) is 0 Å². The van der Waals surface area contributed by atoms with Crippen molar-refractivity contribution < 1.29 is 23.1 Å². The van der Waals surface area contributed by atoms with Crippen molar-refractivity contribution in [2.24, 2.45) is 0 Å². The average molecular weight is 311 g/mol. The first kappa shape index (κ1) is 15.5. The molecule has 1 atom stereocenters. The number of benzene rings is 1. The van der Waals surface area contributed by atoms with Gasteiger partial charge in [-0.3, -0.25) is 4.79 Å². The Morgan fingerprint density at radius 1 is 1.29 bits per heavy atom. The monoisotopic (exact) mass is 311 g/mol. The molecular formula is C14H17NO5S. The predicted molar refractivity (Wildman–Crippen MR) is 76.4 cm³/mol. The normalized spacial score (nSPS) is 18.1. The number of carboxylic acid groups (broad SMARTS) is 1. The highest BCUT2D eigenvalue weighted by atomic mass is 32.2. The molecule has 1 aliphatic rings. The lowest BCUT2D eigenvalue weighted by molar-refractivity contribution is -0.150. The number of fused-ring (bicyclic) bond motifs is 1. The highest BCUT2D eigenvalue weighted by molar-refractivity contribution is 7.92. The number of rotatable bonds is 4. The van der Waals surface area contributed by atoms with Crippen LogP contribution in [0.2, 0.25) is 0 Å². The van der Waals surface area contributed by atoms with Gasteiger partial charge >= 0.3 is 5.97 Å². The van der Waals surface area contributed by atoms with E-state index in [1.165, 1.54) is 6.92 Å². The maximum Gasteiger partial charge on any atom is 0.326 e. The zero-order valence-corrected chi connectivity index (χ0v) is 12.5. The fraction of sp³-hybridized carbons (Fsp3) is 0.429. The first-order valence-electron chi connectivity index (χ1n) is 6.63. The SMILES string of the molecule is CCS(=O)(=O)CC(=O)N1Cc2ccccc2C[C@H]1C(=O)O. The molecule has 0 unspecified atom stereocenters. The molecule has 1 aliphatic heterocycles. The Morgan fingerprint density at radius 3 is 2.48 bits per heavy atom. The first-order valence-corrected chi connectivity index (χ1v) is 8.45. The zero-order valence-electron chi connectivity index (χ0n) is 11.7. The molecule has 0 saturated heterocycles. The summed E-state index contributed by atoms with van der Waals surface area (Å²) in [7, 11) is -3.48. The van der Waals surface area contributed by atoms with Crippen LogP contribution < -0.4 is 0 Å². The van der Waals surface area contributed by atoms with E-state index in [-0.39, 0.29) is 18.7 Å². The predicted octanol–water partition coefficient (Wildman–Crippen LogP) is 0.459. The minimum atomic E-state index is -3.48. The fourth-order valence-electron chi connectivity index (χ4n) is 2.38. The van der Waals surface area contributed by atoms with Gasteiger partial charge in [0.15, 0.2) is 9.84 Å². The molecule has 1 N–H and O–H groups in total. The van der Waals surface area contributed by atoms with Gasteiger partial charge in [0.1, 0.15) is 11.8 Å². The molecule has 114 valence electrons. The van der Waals surface area contributed by atoms with Crippen LogP contribution in [0.5, 0.6) is 0 Å². The van der Waals surface area contributed by atoms with Crippen LogP contribution in [0.25, 0.3) is 0 Å². The molecule has 1 aromatic carbocycles. The van der Waals surface area contributed by atoms with Crippen LogP contribution in [0.15, 0.2) is 24.3 Å². The van der Waals surface area contributed by atoms with Crippen molar-refractivity contribution in [2.75, 3.05) is 11.5 Å². The van der Waals surface area contributed by atoms with E-state index in [0.29, 0.717) is 0 Å². The summed E-state index contributed by atoms with van der Waals surface area (Å²) in [5, 5.41) is 9.30. The third kappa shape index (κ3) is 3.41. The van der Waals surface area contributed by atoms with E-state index >= 15 is 0 Å². The number of aliphatic carboxylic acids is 1. The van der Waals surface area contributed by atoms with Gasteiger partial charge in [-0.15, -0.1) is 0 Å². The van der Waals surface area contributed by atoms with Crippen LogP contribution >= 0.6 is 0 Å². The second-order valence-electron chi connectivity index (χ2n) is 5.03. The van der Waals surface area contributed by atoms with Crippen molar-refractivity contribution in [1.29, 1.82) is 0 Å². The Bertz CT molecular complexity index is 668. The minimum absolute atomic E-state index is 0.130. The number of hydrogen-bond acceptors (Lipinski definition) is 4. The van der Waals surface area contributed by atoms with Gasteiger partial charge in [-0.05, 0) is 11.1 Å². The van der Waals surface area contributed by atoms with E-state index in [2.05, 4.69) is 0 Å². The fourth-order valence-corrected chi connectivity index (χ4v) is 3.13. The van der Waals surface area contributed by atoms with E-state index in [0.717, 1.165) is 16.0 Å². The lowest BCUT2D eigenvalue weighted by Crippen LogP contribution is -2.50. The summed E-state index contributed by atoms with van der Waals surface area (Å²) in [4.78, 5) is 24.7. The molecule has 2 rings (SSSR count). The second kappa shape index (κ2) is 5.85. The summed E-state index contributed by atoms with van der Waals surface area (Å²) in [5.74, 6) is -2.55. The first-order chi connectivity index (χ1) is 9.84. The van der Waals surface area contributed by atoms with Crippen molar-refractivity contribution >= 4 is 21.7 Å². The van der Waals surface area contributed by atoms with Gasteiger partial charge in [0.2, 0.25) is 5.91 Å². The molecule has 0 aliphatic carbocycles. The van der Waals surface area contributed by atoms with E-state index < -0.39 is 33.5 Å². The molecule has 1 aromatic rings. The number of carboxylic acids is 1. The number of amides is 1. The summed E-state index contributed by atoms with van der Waals surface area (Å²) in [6.07, 6.45) is 0.198. The number of carbonyl (C=O) groups is 2. The molecule has 0 saturated carbocycles. The van der Waals surface area contributed by atoms with Crippen molar-refractivity contribution in [3.05, 3.63) is 35.4 Å². The maximum absolute atomic E-state index is 12.2. The van der Waals surface area contributed by atoms with Crippen LogP contribution in [-0.2, 0) is 32.4 Å². The summed E-state index contributed by atoms with van der Waals surface area (Å²) in [6, 6.07) is 6.26. The molecule has 0 aromatic heterocycles. The lowest BCUT2D eigenvalue weighted by atomic mass is 9.94. The van der Waals surface area contributed by atoms with Gasteiger partial charge in [0, 0.05) is 18.7 Å². The van der Waals surface area contributed by atoms with Crippen LogP contribution in [0, 0.1) is 0 Å². The van der Waals surface area contributed by atoms with Gasteiger partial charge in [0.05, 0.1) is 0 Å². The van der Waals surface area contributed by atoms with Gasteiger partial charge in [-0.25, -0.2) is 13.2 Å². The van der Waals surface area contributed by atoms with Crippen LogP contribution in [0.1, 0.15) is 18.1 Å². The smallest absolute Gasteiger partial charge is 0.326 e. The Kier molecular flexibility index (Phi) is 4.32. The number of carbonyl (C=O) groups excluding carboxylic acids is 1. The maximum atomic E-state index is 12.2. The van der Waals surface area contributed by atoms with Crippen LogP contribution in [0.3, 0.4) is 0 Å². The Hall–Kier alpha value is -1.89. The highest BCUT2D eigenvalue weighted by Crippen LogP contribution is 2.23. The zero-order chi connectivity index (χ0) is 15.6. The minimum Gasteiger partial charge on any atom is -0.480 e. The van der Waals surface area contributed by atoms with Gasteiger partial charge in [-0.2, -0.15) is 0 Å². The van der Waals surface area contributed by atoms with Gasteiger partial charge in [-0.1, -0.05) is 31.2 Å². The third-order valence-corrected chi connectivity index (χ3v) is 5.20. The Balaban J connectivity index is 2.29. The molecule has 0 fully saturated rings. The highest BCUT2D eigenvalue weighted by Gasteiger charge is 2.35. The molecule has 6 nitrogen and oxygen atoms in total. The van der Waals surface area contributed by atoms with Gasteiger partial charge in [0.25, 0.3) is 0 Å². The van der Waals surface area contributed by atoms with E-state index in [9.17, 15) is 23.1 Å². The molecule has 0 radical (unpaired) electrons. The van der Waals surface area contributed by atoms with Crippen LogP contribution in [-0.4, -0.2) is 47.8 Å². The summed E-state index contributed by atoms with van der Waals surface area (Å²) >= 11 is 0.